The number of thioether (sulfide) groups is 1. The molecule has 0 atom stereocenters. The molecule has 1 saturated heterocycles. The molecule has 0 aromatic heterocycles. The lowest BCUT2D eigenvalue weighted by Crippen LogP contribution is -2.48. The molecule has 0 saturated carbocycles. The second-order valence-electron chi connectivity index (χ2n) is 4.00. The molecule has 1 rings (SSSR count). The summed E-state index contributed by atoms with van der Waals surface area (Å²) in [5.74, 6) is 0. The molecule has 16 heavy (non-hydrogen) atoms. The summed E-state index contributed by atoms with van der Waals surface area (Å²) < 4.78 is 25.9. The zero-order chi connectivity index (χ0) is 12.4. The fraction of sp³-hybridized carbons (Fsp3) is 0.889. The van der Waals surface area contributed by atoms with Gasteiger partial charge >= 0.3 is 0 Å². The van der Waals surface area contributed by atoms with Gasteiger partial charge in [-0.05, 0) is 19.1 Å². The molecule has 0 radical (unpaired) electrons. The van der Waals surface area contributed by atoms with Crippen molar-refractivity contribution in [2.24, 2.45) is 0 Å². The number of hydrogen-bond acceptors (Lipinski definition) is 4. The van der Waals surface area contributed by atoms with Crippen LogP contribution in [0.15, 0.2) is 0 Å². The summed E-state index contributed by atoms with van der Waals surface area (Å²) in [6.07, 6.45) is 3.09. The highest BCUT2D eigenvalue weighted by Gasteiger charge is 2.38. The van der Waals surface area contributed by atoms with Crippen molar-refractivity contribution in [1.29, 1.82) is 5.26 Å². The summed E-state index contributed by atoms with van der Waals surface area (Å²) in [7, 11) is -0.271. The van der Waals surface area contributed by atoms with Crippen LogP contribution in [0.4, 0.5) is 0 Å². The van der Waals surface area contributed by atoms with E-state index in [-0.39, 0.29) is 0 Å². The van der Waals surface area contributed by atoms with Crippen molar-refractivity contribution in [3.05, 3.63) is 0 Å². The highest BCUT2D eigenvalue weighted by molar-refractivity contribution is 8.00. The van der Waals surface area contributed by atoms with E-state index in [1.54, 1.807) is 0 Å². The van der Waals surface area contributed by atoms with Gasteiger partial charge in [0.2, 0.25) is 0 Å². The van der Waals surface area contributed by atoms with Crippen molar-refractivity contribution < 1.29 is 8.42 Å². The summed E-state index contributed by atoms with van der Waals surface area (Å²) in [6.45, 7) is 0.851. The second-order valence-corrected chi connectivity index (χ2v) is 7.33. The van der Waals surface area contributed by atoms with Crippen LogP contribution in [-0.4, -0.2) is 55.2 Å². The van der Waals surface area contributed by atoms with Crippen LogP contribution in [0.3, 0.4) is 0 Å². The zero-order valence-electron chi connectivity index (χ0n) is 9.80. The minimum Gasteiger partial charge on any atom is -0.197 e. The van der Waals surface area contributed by atoms with Gasteiger partial charge in [0.1, 0.15) is 4.75 Å². The third-order valence-electron chi connectivity index (χ3n) is 2.91. The summed E-state index contributed by atoms with van der Waals surface area (Å²) in [5, 5.41) is 9.09. The van der Waals surface area contributed by atoms with Gasteiger partial charge in [0.15, 0.2) is 0 Å². The molecular weight excluding hydrogens is 246 g/mol. The molecule has 1 fully saturated rings. The monoisotopic (exact) mass is 263 g/mol. The van der Waals surface area contributed by atoms with E-state index < -0.39 is 15.0 Å². The SMILES string of the molecule is CSC1(C#N)CCN(S(=O)(=O)N(C)C)CC1. The molecule has 0 unspecified atom stereocenters. The van der Waals surface area contributed by atoms with E-state index in [4.69, 9.17) is 5.26 Å². The fourth-order valence-corrected chi connectivity index (χ4v) is 3.46. The summed E-state index contributed by atoms with van der Waals surface area (Å²) in [5.41, 5.74) is 0. The van der Waals surface area contributed by atoms with Crippen LogP contribution in [0, 0.1) is 11.3 Å². The van der Waals surface area contributed by atoms with Crippen molar-refractivity contribution in [2.75, 3.05) is 33.4 Å². The average molecular weight is 263 g/mol. The van der Waals surface area contributed by atoms with Crippen molar-refractivity contribution in [3.8, 4) is 6.07 Å². The van der Waals surface area contributed by atoms with E-state index >= 15 is 0 Å². The Morgan fingerprint density at radius 1 is 1.38 bits per heavy atom. The Kier molecular flexibility index (Phi) is 4.23. The summed E-state index contributed by atoms with van der Waals surface area (Å²) in [6, 6.07) is 2.30. The van der Waals surface area contributed by atoms with Crippen molar-refractivity contribution in [2.45, 2.75) is 17.6 Å². The number of nitrogens with zero attached hydrogens (tertiary/aromatic N) is 3. The Balaban J connectivity index is 2.74. The molecule has 0 amide bonds. The fourth-order valence-electron chi connectivity index (χ4n) is 1.67. The van der Waals surface area contributed by atoms with Gasteiger partial charge in [-0.1, -0.05) is 0 Å². The van der Waals surface area contributed by atoms with Crippen LogP contribution < -0.4 is 0 Å². The summed E-state index contributed by atoms with van der Waals surface area (Å²) >= 11 is 1.52. The van der Waals surface area contributed by atoms with Gasteiger partial charge in [-0.15, -0.1) is 11.8 Å². The summed E-state index contributed by atoms with van der Waals surface area (Å²) in [4.78, 5) is 0. The molecule has 0 aromatic carbocycles. The quantitative estimate of drug-likeness (QED) is 0.744. The predicted molar refractivity (Wildman–Crippen MR) is 65.3 cm³/mol. The van der Waals surface area contributed by atoms with Crippen molar-refractivity contribution in [3.63, 3.8) is 0 Å². The van der Waals surface area contributed by atoms with Gasteiger partial charge in [-0.3, -0.25) is 0 Å². The Bertz CT molecular complexity index is 378. The molecule has 5 nitrogen and oxygen atoms in total. The number of piperidine rings is 1. The molecule has 0 bridgehead atoms. The molecule has 0 aliphatic carbocycles. The first-order valence-electron chi connectivity index (χ1n) is 5.02. The first kappa shape index (κ1) is 13.8. The van der Waals surface area contributed by atoms with Gasteiger partial charge in [0.25, 0.3) is 10.2 Å². The third kappa shape index (κ3) is 2.51. The molecule has 1 aliphatic heterocycles. The Morgan fingerprint density at radius 3 is 2.19 bits per heavy atom. The first-order valence-corrected chi connectivity index (χ1v) is 7.64. The highest BCUT2D eigenvalue weighted by Crippen LogP contribution is 2.34. The molecule has 0 spiro atoms. The zero-order valence-corrected chi connectivity index (χ0v) is 11.4. The molecule has 1 aliphatic rings. The van der Waals surface area contributed by atoms with E-state index in [2.05, 4.69) is 6.07 Å². The van der Waals surface area contributed by atoms with Gasteiger partial charge in [0.05, 0.1) is 6.07 Å². The van der Waals surface area contributed by atoms with E-state index in [0.717, 1.165) is 0 Å². The normalized spacial score (nSPS) is 21.9. The van der Waals surface area contributed by atoms with E-state index in [1.807, 2.05) is 6.26 Å². The van der Waals surface area contributed by atoms with Crippen LogP contribution in [0.2, 0.25) is 0 Å². The molecule has 0 N–H and O–H groups in total. The molecule has 1 heterocycles. The van der Waals surface area contributed by atoms with Crippen LogP contribution in [-0.2, 0) is 10.2 Å². The van der Waals surface area contributed by atoms with Crippen LogP contribution >= 0.6 is 11.8 Å². The lowest BCUT2D eigenvalue weighted by Gasteiger charge is -2.36. The number of hydrogen-bond donors (Lipinski definition) is 0. The minimum absolute atomic E-state index is 0.404. The highest BCUT2D eigenvalue weighted by atomic mass is 32.2. The van der Waals surface area contributed by atoms with E-state index in [9.17, 15) is 8.42 Å². The van der Waals surface area contributed by atoms with E-state index in [1.165, 1.54) is 34.5 Å². The maximum Gasteiger partial charge on any atom is 0.281 e. The van der Waals surface area contributed by atoms with E-state index in [0.29, 0.717) is 25.9 Å². The maximum absolute atomic E-state index is 11.8. The number of rotatable bonds is 3. The molecule has 0 aromatic rings. The molecular formula is C9H17N3O2S2. The van der Waals surface area contributed by atoms with Crippen LogP contribution in [0.1, 0.15) is 12.8 Å². The largest absolute Gasteiger partial charge is 0.281 e. The second kappa shape index (κ2) is 4.92. The number of nitriles is 1. The molecule has 92 valence electrons. The maximum atomic E-state index is 11.8. The van der Waals surface area contributed by atoms with Gasteiger partial charge < -0.3 is 0 Å². The first-order chi connectivity index (χ1) is 7.38. The van der Waals surface area contributed by atoms with Crippen LogP contribution in [0.5, 0.6) is 0 Å². The lowest BCUT2D eigenvalue weighted by molar-refractivity contribution is 0.309. The smallest absolute Gasteiger partial charge is 0.197 e. The average Bonchev–Trinajstić information content (AvgIpc) is 2.29. The van der Waals surface area contributed by atoms with Crippen molar-refractivity contribution in [1.82, 2.24) is 8.61 Å². The van der Waals surface area contributed by atoms with Crippen LogP contribution in [0.25, 0.3) is 0 Å². The topological polar surface area (TPSA) is 64.4 Å². The van der Waals surface area contributed by atoms with Gasteiger partial charge in [0, 0.05) is 27.2 Å². The Labute approximate surface area is 102 Å². The lowest BCUT2D eigenvalue weighted by atomic mass is 9.99. The van der Waals surface area contributed by atoms with Gasteiger partial charge in [-0.25, -0.2) is 0 Å². The molecule has 7 heteroatoms. The minimum atomic E-state index is -3.32. The Hall–Kier alpha value is -0.290. The predicted octanol–water partition coefficient (Wildman–Crippen LogP) is 0.514. The van der Waals surface area contributed by atoms with Crippen molar-refractivity contribution >= 4 is 22.0 Å². The van der Waals surface area contributed by atoms with Gasteiger partial charge in [-0.2, -0.15) is 22.3 Å². The third-order valence-corrected chi connectivity index (χ3v) is 6.13. The standard InChI is InChI=1S/C9H17N3O2S2/c1-11(2)16(13,14)12-6-4-9(8-10,15-3)5-7-12/h4-7H2,1-3H3. The Morgan fingerprint density at radius 2 is 1.88 bits per heavy atom.